The summed E-state index contributed by atoms with van der Waals surface area (Å²) in [4.78, 5) is 0. The van der Waals surface area contributed by atoms with E-state index in [1.165, 1.54) is 22.3 Å². The molecule has 1 aromatic rings. The molecule has 5 unspecified atom stereocenters. The molecule has 1 heterocycles. The highest BCUT2D eigenvalue weighted by atomic mass is 28.3. The first-order valence-corrected chi connectivity index (χ1v) is 18.6. The number of hydrogen-bond donors (Lipinski definition) is 1. The highest BCUT2D eigenvalue weighted by Crippen LogP contribution is 2.59. The van der Waals surface area contributed by atoms with Crippen LogP contribution >= 0.6 is 0 Å². The minimum Gasteiger partial charge on any atom is -0.301 e. The van der Waals surface area contributed by atoms with Gasteiger partial charge in [-0.3, -0.25) is 5.32 Å². The monoisotopic (exact) mass is 550 g/mol. The van der Waals surface area contributed by atoms with Gasteiger partial charge in [-0.15, -0.1) is 0 Å². The van der Waals surface area contributed by atoms with E-state index in [4.69, 9.17) is 0 Å². The van der Waals surface area contributed by atoms with E-state index in [0.29, 0.717) is 47.5 Å². The molecule has 3 heteroatoms. The fourth-order valence-electron chi connectivity index (χ4n) is 8.67. The van der Waals surface area contributed by atoms with Crippen LogP contribution in [0.5, 0.6) is 0 Å². The molecule has 2 fully saturated rings. The average Bonchev–Trinajstić information content (AvgIpc) is 3.42. The second-order valence-electron chi connectivity index (χ2n) is 15.6. The molecule has 1 saturated heterocycles. The van der Waals surface area contributed by atoms with Gasteiger partial charge in [0, 0.05) is 6.04 Å². The summed E-state index contributed by atoms with van der Waals surface area (Å²) in [6, 6.07) is 8.08. The maximum absolute atomic E-state index is 4.12. The van der Waals surface area contributed by atoms with Gasteiger partial charge in [-0.2, -0.15) is 0 Å². The molecule has 1 saturated carbocycles. The second kappa shape index (κ2) is 9.68. The van der Waals surface area contributed by atoms with E-state index in [1.54, 1.807) is 0 Å². The van der Waals surface area contributed by atoms with E-state index in [-0.39, 0.29) is 10.8 Å². The minimum atomic E-state index is -1.92. The summed E-state index contributed by atoms with van der Waals surface area (Å²) in [5.41, 5.74) is 6.60. The van der Waals surface area contributed by atoms with Gasteiger partial charge in [-0.05, 0) is 69.2 Å². The average molecular weight is 551 g/mol. The Kier molecular flexibility index (Phi) is 6.76. The lowest BCUT2D eigenvalue weighted by Crippen LogP contribution is -2.59. The highest BCUT2D eigenvalue weighted by Gasteiger charge is 2.59. The van der Waals surface area contributed by atoms with Crippen molar-refractivity contribution in [1.82, 2.24) is 9.88 Å². The highest BCUT2D eigenvalue weighted by molar-refractivity contribution is 6.76. The van der Waals surface area contributed by atoms with Crippen LogP contribution in [0.15, 0.2) is 85.0 Å². The van der Waals surface area contributed by atoms with E-state index in [9.17, 15) is 0 Å². The van der Waals surface area contributed by atoms with Crippen molar-refractivity contribution < 1.29 is 0 Å². The molecule has 0 amide bonds. The van der Waals surface area contributed by atoms with E-state index >= 15 is 0 Å². The predicted octanol–water partition coefficient (Wildman–Crippen LogP) is 8.53. The van der Waals surface area contributed by atoms with Crippen LogP contribution in [0, 0.1) is 23.7 Å². The number of allylic oxidation sites excluding steroid dienone is 10. The number of nitrogens with zero attached hydrogens (tertiary/aromatic N) is 1. The Morgan fingerprint density at radius 2 is 1.18 bits per heavy atom. The van der Waals surface area contributed by atoms with E-state index < -0.39 is 8.24 Å². The Morgan fingerprint density at radius 3 is 1.68 bits per heavy atom. The summed E-state index contributed by atoms with van der Waals surface area (Å²) in [7, 11) is -1.92. The van der Waals surface area contributed by atoms with Crippen LogP contribution in [-0.2, 0) is 10.8 Å². The standard InChI is InChI=1S/C37H50N2Si/c1-24-38-34-28(25-21-26(36(2,3)4)23-27(22-25)37(5,6)7)19-14-20-33(34)39(24)40(8,9)35-31-17-12-10-15-29(31)30-16-11-13-18-32(30)35/h10-24,29-35,38H,1-9H3/t24-,29?,30?,31?,32?,33-,34?,35?/m1/s1. The van der Waals surface area contributed by atoms with Gasteiger partial charge in [0.2, 0.25) is 0 Å². The molecule has 5 aliphatic rings. The molecule has 0 bridgehead atoms. The van der Waals surface area contributed by atoms with E-state index in [1.807, 2.05) is 0 Å². The topological polar surface area (TPSA) is 15.3 Å². The fourth-order valence-corrected chi connectivity index (χ4v) is 13.6. The second-order valence-corrected chi connectivity index (χ2v) is 20.0. The van der Waals surface area contributed by atoms with Crippen LogP contribution in [0.3, 0.4) is 0 Å². The molecule has 7 atom stereocenters. The van der Waals surface area contributed by atoms with Crippen molar-refractivity contribution in [3.63, 3.8) is 0 Å². The molecule has 4 aliphatic carbocycles. The van der Waals surface area contributed by atoms with E-state index in [0.717, 1.165) is 0 Å². The number of benzene rings is 1. The number of hydrogen-bond acceptors (Lipinski definition) is 2. The molecular weight excluding hydrogens is 501 g/mol. The van der Waals surface area contributed by atoms with Crippen molar-refractivity contribution in [1.29, 1.82) is 0 Å². The van der Waals surface area contributed by atoms with Gasteiger partial charge in [0.1, 0.15) is 8.24 Å². The van der Waals surface area contributed by atoms with Gasteiger partial charge in [0.25, 0.3) is 0 Å². The molecular formula is C37H50N2Si. The summed E-state index contributed by atoms with van der Waals surface area (Å²) in [5, 5.41) is 4.12. The molecule has 0 spiro atoms. The third-order valence-corrected chi connectivity index (χ3v) is 15.0. The Bertz CT molecular complexity index is 1270. The molecule has 40 heavy (non-hydrogen) atoms. The Labute approximate surface area is 244 Å². The molecule has 1 aliphatic heterocycles. The molecule has 2 nitrogen and oxygen atoms in total. The number of nitrogens with one attached hydrogen (secondary N) is 1. The van der Waals surface area contributed by atoms with Crippen LogP contribution in [-0.4, -0.2) is 31.1 Å². The van der Waals surface area contributed by atoms with Gasteiger partial charge in [0.15, 0.2) is 0 Å². The summed E-state index contributed by atoms with van der Waals surface area (Å²) >= 11 is 0. The van der Waals surface area contributed by atoms with Gasteiger partial charge < -0.3 is 4.57 Å². The first-order valence-electron chi connectivity index (χ1n) is 15.6. The van der Waals surface area contributed by atoms with Crippen molar-refractivity contribution in [2.75, 3.05) is 0 Å². The first-order chi connectivity index (χ1) is 18.8. The smallest absolute Gasteiger partial charge is 0.129 e. The fraction of sp³-hybridized carbons (Fsp3) is 0.514. The maximum atomic E-state index is 4.12. The molecule has 0 aromatic heterocycles. The quantitative estimate of drug-likeness (QED) is 0.379. The largest absolute Gasteiger partial charge is 0.301 e. The molecule has 1 N–H and O–H groups in total. The van der Waals surface area contributed by atoms with Crippen molar-refractivity contribution in [2.24, 2.45) is 23.7 Å². The summed E-state index contributed by atoms with van der Waals surface area (Å²) in [6.45, 7) is 21.8. The summed E-state index contributed by atoms with van der Waals surface area (Å²) in [6.07, 6.45) is 26.9. The first kappa shape index (κ1) is 27.9. The zero-order valence-corrected chi connectivity index (χ0v) is 27.1. The Hall–Kier alpha value is -2.20. The number of fused-ring (bicyclic) bond motifs is 4. The lowest BCUT2D eigenvalue weighted by Gasteiger charge is -2.48. The van der Waals surface area contributed by atoms with Crippen LogP contribution in [0.25, 0.3) is 5.57 Å². The summed E-state index contributed by atoms with van der Waals surface area (Å²) in [5.74, 6) is 2.51. The molecule has 212 valence electrons. The summed E-state index contributed by atoms with van der Waals surface area (Å²) < 4.78 is 2.96. The molecule has 6 rings (SSSR count). The van der Waals surface area contributed by atoms with Crippen molar-refractivity contribution >= 4 is 13.8 Å². The van der Waals surface area contributed by atoms with Crippen molar-refractivity contribution in [3.8, 4) is 0 Å². The zero-order valence-electron chi connectivity index (χ0n) is 26.1. The van der Waals surface area contributed by atoms with Gasteiger partial charge >= 0.3 is 0 Å². The van der Waals surface area contributed by atoms with Crippen molar-refractivity contribution in [3.05, 3.63) is 102 Å². The molecule has 1 aromatic carbocycles. The maximum Gasteiger partial charge on any atom is 0.129 e. The van der Waals surface area contributed by atoms with Gasteiger partial charge in [-0.1, -0.05) is 140 Å². The van der Waals surface area contributed by atoms with Crippen LogP contribution < -0.4 is 5.32 Å². The lowest BCUT2D eigenvalue weighted by atomic mass is 9.77. The molecule has 0 radical (unpaired) electrons. The van der Waals surface area contributed by atoms with E-state index in [2.05, 4.69) is 156 Å². The predicted molar refractivity (Wildman–Crippen MR) is 175 cm³/mol. The van der Waals surface area contributed by atoms with Crippen LogP contribution in [0.1, 0.15) is 65.2 Å². The minimum absolute atomic E-state index is 0.108. The third kappa shape index (κ3) is 4.53. The number of rotatable bonds is 3. The SMILES string of the molecule is C[C@@H]1NC2C(c3cc(C(C)(C)C)cc(C(C)(C)C)c3)=CC=C[C@H]2N1[Si](C)(C)C1C2C=CC=CC2C2C=CC=CC21. The lowest BCUT2D eigenvalue weighted by molar-refractivity contribution is 0.338. The third-order valence-electron chi connectivity index (χ3n) is 10.6. The Balaban J connectivity index is 1.37. The van der Waals surface area contributed by atoms with Crippen LogP contribution in [0.2, 0.25) is 18.6 Å². The van der Waals surface area contributed by atoms with Gasteiger partial charge in [0.05, 0.1) is 12.2 Å². The van der Waals surface area contributed by atoms with Gasteiger partial charge in [-0.25, -0.2) is 0 Å². The van der Waals surface area contributed by atoms with Crippen LogP contribution in [0.4, 0.5) is 0 Å². The Morgan fingerprint density at radius 1 is 0.675 bits per heavy atom. The zero-order chi connectivity index (χ0) is 28.6. The normalized spacial score (nSPS) is 35.1. The van der Waals surface area contributed by atoms with Crippen molar-refractivity contribution in [2.45, 2.75) is 96.2 Å².